The molecular formula is C57H34N4. The van der Waals surface area contributed by atoms with E-state index in [1.54, 1.807) is 0 Å². The second-order valence-electron chi connectivity index (χ2n) is 15.8. The van der Waals surface area contributed by atoms with Crippen molar-refractivity contribution in [3.05, 3.63) is 234 Å². The number of fused-ring (bicyclic) bond motifs is 11. The molecule has 9 aromatic carbocycles. The number of rotatable bonds is 5. The summed E-state index contributed by atoms with van der Waals surface area (Å²) in [5.74, 6) is 1.88. The van der Waals surface area contributed by atoms with Crippen LogP contribution in [0.15, 0.2) is 206 Å². The van der Waals surface area contributed by atoms with Crippen molar-refractivity contribution >= 4 is 10.8 Å². The zero-order valence-electron chi connectivity index (χ0n) is 32.9. The molecule has 0 saturated carbocycles. The third-order valence-electron chi connectivity index (χ3n) is 12.5. The maximum absolute atomic E-state index is 10.2. The predicted octanol–water partition coefficient (Wildman–Crippen LogP) is 13.6. The van der Waals surface area contributed by atoms with Gasteiger partial charge in [0.25, 0.3) is 0 Å². The first-order valence-electron chi connectivity index (χ1n) is 20.6. The van der Waals surface area contributed by atoms with Gasteiger partial charge in [-0.3, -0.25) is 0 Å². The molecule has 4 heteroatoms. The van der Waals surface area contributed by atoms with Crippen molar-refractivity contribution in [1.29, 1.82) is 5.26 Å². The van der Waals surface area contributed by atoms with E-state index in [-0.39, 0.29) is 0 Å². The molecule has 0 aliphatic heterocycles. The van der Waals surface area contributed by atoms with Crippen molar-refractivity contribution < 1.29 is 0 Å². The van der Waals surface area contributed by atoms with E-state index in [0.29, 0.717) is 23.0 Å². The van der Waals surface area contributed by atoms with Crippen LogP contribution in [0.1, 0.15) is 27.8 Å². The van der Waals surface area contributed by atoms with Crippen LogP contribution < -0.4 is 0 Å². The third-order valence-corrected chi connectivity index (χ3v) is 12.5. The van der Waals surface area contributed by atoms with Gasteiger partial charge < -0.3 is 0 Å². The number of nitriles is 1. The Labute approximate surface area is 353 Å². The van der Waals surface area contributed by atoms with E-state index in [0.717, 1.165) is 55.5 Å². The number of hydrogen-bond acceptors (Lipinski definition) is 4. The van der Waals surface area contributed by atoms with Gasteiger partial charge in [0.15, 0.2) is 17.5 Å². The van der Waals surface area contributed by atoms with E-state index in [1.807, 2.05) is 36.4 Å². The van der Waals surface area contributed by atoms with Gasteiger partial charge in [0.2, 0.25) is 0 Å². The summed E-state index contributed by atoms with van der Waals surface area (Å²) in [5, 5.41) is 12.5. The van der Waals surface area contributed by atoms with Gasteiger partial charge in [-0.25, -0.2) is 15.0 Å². The molecule has 4 nitrogen and oxygen atoms in total. The molecule has 1 aromatic heterocycles. The summed E-state index contributed by atoms with van der Waals surface area (Å²) in [6.45, 7) is 0. The van der Waals surface area contributed by atoms with Gasteiger partial charge in [-0.15, -0.1) is 0 Å². The highest BCUT2D eigenvalue weighted by Gasteiger charge is 2.52. The Balaban J connectivity index is 0.996. The molecule has 0 amide bonds. The molecule has 2 aliphatic rings. The Morgan fingerprint density at radius 1 is 0.328 bits per heavy atom. The van der Waals surface area contributed by atoms with Crippen LogP contribution in [-0.2, 0) is 5.41 Å². The molecule has 10 aromatic rings. The minimum atomic E-state index is -0.540. The Kier molecular flexibility index (Phi) is 7.78. The molecule has 0 N–H and O–H groups in total. The van der Waals surface area contributed by atoms with E-state index < -0.39 is 5.41 Å². The molecule has 0 unspecified atom stereocenters. The summed E-state index contributed by atoms with van der Waals surface area (Å²) in [6, 6.07) is 75.1. The van der Waals surface area contributed by atoms with Crippen LogP contribution in [-0.4, -0.2) is 15.0 Å². The smallest absolute Gasteiger partial charge is 0.164 e. The lowest BCUT2D eigenvalue weighted by molar-refractivity contribution is 0.793. The Bertz CT molecular complexity index is 3410. The predicted molar refractivity (Wildman–Crippen MR) is 246 cm³/mol. The zero-order chi connectivity index (χ0) is 40.5. The van der Waals surface area contributed by atoms with Crippen LogP contribution >= 0.6 is 0 Å². The molecule has 0 radical (unpaired) electrons. The fourth-order valence-corrected chi connectivity index (χ4v) is 9.88. The molecular weight excluding hydrogens is 741 g/mol. The first-order valence-corrected chi connectivity index (χ1v) is 20.6. The highest BCUT2D eigenvalue weighted by Crippen LogP contribution is 2.64. The number of benzene rings is 9. The van der Waals surface area contributed by atoms with Crippen LogP contribution in [0, 0.1) is 11.3 Å². The van der Waals surface area contributed by atoms with E-state index >= 15 is 0 Å². The summed E-state index contributed by atoms with van der Waals surface area (Å²) < 4.78 is 0. The Hall–Kier alpha value is -8.26. The van der Waals surface area contributed by atoms with Gasteiger partial charge in [0.1, 0.15) is 0 Å². The summed E-state index contributed by atoms with van der Waals surface area (Å²) in [6.07, 6.45) is 0. The summed E-state index contributed by atoms with van der Waals surface area (Å²) in [7, 11) is 0. The van der Waals surface area contributed by atoms with Crippen LogP contribution in [0.3, 0.4) is 0 Å². The third kappa shape index (κ3) is 5.35. The van der Waals surface area contributed by atoms with Crippen molar-refractivity contribution in [2.24, 2.45) is 0 Å². The van der Waals surface area contributed by atoms with Crippen LogP contribution in [0.25, 0.3) is 89.4 Å². The highest BCUT2D eigenvalue weighted by atomic mass is 15.0. The molecule has 0 atom stereocenters. The topological polar surface area (TPSA) is 62.5 Å². The van der Waals surface area contributed by atoms with Crippen LogP contribution in [0.5, 0.6) is 0 Å². The van der Waals surface area contributed by atoms with Gasteiger partial charge in [0.05, 0.1) is 17.0 Å². The van der Waals surface area contributed by atoms with E-state index in [1.165, 1.54) is 38.8 Å². The second-order valence-corrected chi connectivity index (χ2v) is 15.8. The average Bonchev–Trinajstić information content (AvgIpc) is 3.81. The van der Waals surface area contributed by atoms with Crippen molar-refractivity contribution in [3.8, 4) is 84.7 Å². The fourth-order valence-electron chi connectivity index (χ4n) is 9.88. The lowest BCUT2D eigenvalue weighted by atomic mass is 9.70. The largest absolute Gasteiger partial charge is 0.208 e. The van der Waals surface area contributed by atoms with Crippen LogP contribution in [0.4, 0.5) is 0 Å². The minimum Gasteiger partial charge on any atom is -0.208 e. The average molecular weight is 775 g/mol. The normalized spacial score (nSPS) is 12.7. The molecule has 282 valence electrons. The lowest BCUT2D eigenvalue weighted by Crippen LogP contribution is -2.26. The van der Waals surface area contributed by atoms with Crippen molar-refractivity contribution in [1.82, 2.24) is 15.0 Å². The van der Waals surface area contributed by atoms with Gasteiger partial charge in [-0.05, 0) is 108 Å². The Morgan fingerprint density at radius 3 is 1.57 bits per heavy atom. The molecule has 0 saturated heterocycles. The molecule has 0 fully saturated rings. The lowest BCUT2D eigenvalue weighted by Gasteiger charge is -2.30. The molecule has 61 heavy (non-hydrogen) atoms. The zero-order valence-corrected chi connectivity index (χ0v) is 32.9. The monoisotopic (exact) mass is 774 g/mol. The van der Waals surface area contributed by atoms with E-state index in [4.69, 9.17) is 15.0 Å². The molecule has 1 heterocycles. The molecule has 12 rings (SSSR count). The summed E-state index contributed by atoms with van der Waals surface area (Å²) >= 11 is 0. The maximum Gasteiger partial charge on any atom is 0.164 e. The van der Waals surface area contributed by atoms with Crippen LogP contribution in [0.2, 0.25) is 0 Å². The van der Waals surface area contributed by atoms with Crippen molar-refractivity contribution in [2.75, 3.05) is 0 Å². The van der Waals surface area contributed by atoms with E-state index in [2.05, 4.69) is 176 Å². The van der Waals surface area contributed by atoms with Crippen molar-refractivity contribution in [2.45, 2.75) is 5.41 Å². The molecule has 1 spiro atoms. The SMILES string of the molecule is N#Cc1ccc2c(c1)C1(c3ccccc3-c3ccccc31)c1cccc(-c3cccc(-c4cccc(-c5nc(-c6ccccc6)nc(-c6ccc7ccccc7c6)n5)c4)c3)c1-2. The Morgan fingerprint density at radius 2 is 0.852 bits per heavy atom. The summed E-state index contributed by atoms with van der Waals surface area (Å²) in [5.41, 5.74) is 17.1. The number of nitrogens with zero attached hydrogens (tertiary/aromatic N) is 4. The van der Waals surface area contributed by atoms with Gasteiger partial charge in [-0.1, -0.05) is 176 Å². The fraction of sp³-hybridized carbons (Fsp3) is 0.0175. The molecule has 2 aliphatic carbocycles. The maximum atomic E-state index is 10.2. The van der Waals surface area contributed by atoms with Gasteiger partial charge in [0, 0.05) is 16.7 Å². The first-order chi connectivity index (χ1) is 30.2. The second kappa shape index (κ2) is 13.7. The summed E-state index contributed by atoms with van der Waals surface area (Å²) in [4.78, 5) is 15.2. The highest BCUT2D eigenvalue weighted by molar-refractivity contribution is 6.00. The van der Waals surface area contributed by atoms with Gasteiger partial charge in [-0.2, -0.15) is 5.26 Å². The number of hydrogen-bond donors (Lipinski definition) is 0. The standard InChI is InChI=1S/C57H34N4/c58-35-36-27-30-48-52(31-36)57(49-24-8-6-21-46(49)47-22-7-9-25-50(47)57)51-26-12-23-45(53(48)51)42-19-10-17-40(32-42)41-18-11-20-43(34-41)55-59-54(38-14-2-1-3-15-38)60-56(61-55)44-29-28-37-13-4-5-16-39(37)33-44/h1-34H. The first kappa shape index (κ1) is 34.8. The quantitative estimate of drug-likeness (QED) is 0.175. The molecule has 0 bridgehead atoms. The van der Waals surface area contributed by atoms with Gasteiger partial charge >= 0.3 is 0 Å². The van der Waals surface area contributed by atoms with E-state index in [9.17, 15) is 5.26 Å². The number of aromatic nitrogens is 3. The minimum absolute atomic E-state index is 0.540. The van der Waals surface area contributed by atoms with Crippen molar-refractivity contribution in [3.63, 3.8) is 0 Å².